The van der Waals surface area contributed by atoms with Gasteiger partial charge in [0.25, 0.3) is 0 Å². The molecule has 0 atom stereocenters. The highest BCUT2D eigenvalue weighted by atomic mass is 16.4. The second-order valence-electron chi connectivity index (χ2n) is 4.40. The van der Waals surface area contributed by atoms with Crippen LogP contribution in [0.1, 0.15) is 11.4 Å². The minimum Gasteiger partial charge on any atom is -0.409 e. The number of aryl methyl sites for hydroxylation is 1. The molecule has 1 aromatic carbocycles. The van der Waals surface area contributed by atoms with Crippen LogP contribution in [0, 0.1) is 0 Å². The summed E-state index contributed by atoms with van der Waals surface area (Å²) in [7, 11) is 1.73. The van der Waals surface area contributed by atoms with Gasteiger partial charge in [0.15, 0.2) is 11.7 Å². The molecule has 0 fully saturated rings. The molecule has 3 rings (SSSR count). The number of hydrogen-bond acceptors (Lipinski definition) is 5. The number of rotatable bonds is 3. The first-order valence-electron chi connectivity index (χ1n) is 5.97. The van der Waals surface area contributed by atoms with Crippen molar-refractivity contribution in [3.63, 3.8) is 0 Å². The molecule has 0 aliphatic rings. The first-order chi connectivity index (χ1) is 9.67. The van der Waals surface area contributed by atoms with Crippen molar-refractivity contribution in [3.05, 3.63) is 41.9 Å². The number of nitrogens with two attached hydrogens (primary N) is 1. The molecule has 0 aliphatic heterocycles. The molecule has 8 nitrogen and oxygen atoms in total. The molecule has 0 spiro atoms. The normalized spacial score (nSPS) is 12.2. The van der Waals surface area contributed by atoms with Gasteiger partial charge in [0.2, 0.25) is 0 Å². The van der Waals surface area contributed by atoms with Crippen LogP contribution in [0.4, 0.5) is 0 Å². The van der Waals surface area contributed by atoms with Gasteiger partial charge in [0.05, 0.1) is 13.6 Å². The zero-order valence-electron chi connectivity index (χ0n) is 10.8. The lowest BCUT2D eigenvalue weighted by Crippen LogP contribution is -2.12. The molecular weight excluding hydrogens is 258 g/mol. The maximum atomic E-state index is 8.69. The summed E-state index contributed by atoms with van der Waals surface area (Å²) >= 11 is 0. The van der Waals surface area contributed by atoms with Crippen molar-refractivity contribution in [2.75, 3.05) is 0 Å². The summed E-state index contributed by atoms with van der Waals surface area (Å²) in [4.78, 5) is 1.43. The highest BCUT2D eigenvalue weighted by molar-refractivity contribution is 6.00. The Bertz CT molecular complexity index is 786. The zero-order chi connectivity index (χ0) is 14.1. The minimum atomic E-state index is 0.0928. The van der Waals surface area contributed by atoms with Gasteiger partial charge in [-0.3, -0.25) is 0 Å². The van der Waals surface area contributed by atoms with E-state index in [-0.39, 0.29) is 5.84 Å². The van der Waals surface area contributed by atoms with Gasteiger partial charge in [-0.1, -0.05) is 5.16 Å². The second-order valence-corrected chi connectivity index (χ2v) is 4.40. The average Bonchev–Trinajstić information content (AvgIpc) is 3.05. The van der Waals surface area contributed by atoms with E-state index in [2.05, 4.69) is 20.6 Å². The van der Waals surface area contributed by atoms with Crippen molar-refractivity contribution in [2.45, 2.75) is 6.54 Å². The number of benzene rings is 1. The predicted molar refractivity (Wildman–Crippen MR) is 72.3 cm³/mol. The molecular formula is C12H13N7O. The maximum absolute atomic E-state index is 8.69. The molecule has 0 aliphatic carbocycles. The number of hydrogen-bond donors (Lipinski definition) is 2. The number of oxime groups is 1. The molecule has 0 radical (unpaired) electrons. The van der Waals surface area contributed by atoms with Crippen LogP contribution in [-0.2, 0) is 13.6 Å². The van der Waals surface area contributed by atoms with Crippen LogP contribution in [-0.4, -0.2) is 35.8 Å². The number of tetrazole rings is 1. The van der Waals surface area contributed by atoms with Crippen molar-refractivity contribution < 1.29 is 5.21 Å². The standard InChI is InChI=1S/C12H13N7O/c1-18-15-11(14-17-18)7-19-5-4-8-6-9(12(13)16-20)2-3-10(8)19/h2-6,20H,7H2,1H3,(H2,13,16). The Hall–Kier alpha value is -2.90. The van der Waals surface area contributed by atoms with E-state index < -0.39 is 0 Å². The summed E-state index contributed by atoms with van der Waals surface area (Å²) in [5.41, 5.74) is 7.28. The maximum Gasteiger partial charge on any atom is 0.194 e. The topological polar surface area (TPSA) is 107 Å². The van der Waals surface area contributed by atoms with E-state index in [0.29, 0.717) is 17.9 Å². The monoisotopic (exact) mass is 271 g/mol. The Morgan fingerprint density at radius 3 is 2.95 bits per heavy atom. The molecule has 2 heterocycles. The molecule has 8 heteroatoms. The van der Waals surface area contributed by atoms with Crippen LogP contribution in [0.3, 0.4) is 0 Å². The van der Waals surface area contributed by atoms with Gasteiger partial charge in [-0.05, 0) is 29.5 Å². The van der Waals surface area contributed by atoms with E-state index in [1.807, 2.05) is 29.0 Å². The summed E-state index contributed by atoms with van der Waals surface area (Å²) in [6.07, 6.45) is 1.94. The van der Waals surface area contributed by atoms with Crippen molar-refractivity contribution in [3.8, 4) is 0 Å². The molecule has 2 aromatic heterocycles. The number of fused-ring (bicyclic) bond motifs is 1. The molecule has 0 saturated heterocycles. The molecule has 3 N–H and O–H groups in total. The Balaban J connectivity index is 1.97. The fraction of sp³-hybridized carbons (Fsp3) is 0.167. The summed E-state index contributed by atoms with van der Waals surface area (Å²) in [5.74, 6) is 0.737. The van der Waals surface area contributed by atoms with Gasteiger partial charge in [0.1, 0.15) is 0 Å². The molecule has 20 heavy (non-hydrogen) atoms. The molecule has 3 aromatic rings. The number of amidine groups is 1. The summed E-state index contributed by atoms with van der Waals surface area (Å²) in [5, 5.41) is 24.6. The van der Waals surface area contributed by atoms with Gasteiger partial charge in [0, 0.05) is 22.7 Å². The molecule has 0 unspecified atom stereocenters. The first kappa shape index (κ1) is 12.2. The third-order valence-corrected chi connectivity index (χ3v) is 3.04. The SMILES string of the molecule is Cn1nnc(Cn2ccc3cc(/C(N)=N/O)ccc32)n1. The van der Waals surface area contributed by atoms with Gasteiger partial charge in [-0.15, -0.1) is 10.2 Å². The minimum absolute atomic E-state index is 0.0928. The van der Waals surface area contributed by atoms with Crippen LogP contribution in [0.2, 0.25) is 0 Å². The fourth-order valence-electron chi connectivity index (χ4n) is 2.09. The average molecular weight is 271 g/mol. The summed E-state index contributed by atoms with van der Waals surface area (Å²) in [6.45, 7) is 0.542. The Morgan fingerprint density at radius 2 is 2.25 bits per heavy atom. The smallest absolute Gasteiger partial charge is 0.194 e. The van der Waals surface area contributed by atoms with Crippen molar-refractivity contribution in [2.24, 2.45) is 17.9 Å². The van der Waals surface area contributed by atoms with Gasteiger partial charge >= 0.3 is 0 Å². The third kappa shape index (κ3) is 2.07. The number of nitrogens with zero attached hydrogens (tertiary/aromatic N) is 6. The molecule has 0 amide bonds. The second kappa shape index (κ2) is 4.65. The Labute approximate surface area is 114 Å². The van der Waals surface area contributed by atoms with Crippen LogP contribution < -0.4 is 5.73 Å². The lowest BCUT2D eigenvalue weighted by molar-refractivity contribution is 0.318. The number of aromatic nitrogens is 5. The van der Waals surface area contributed by atoms with E-state index in [1.54, 1.807) is 13.1 Å². The Kier molecular flexibility index (Phi) is 2.82. The lowest BCUT2D eigenvalue weighted by Gasteiger charge is -2.03. The third-order valence-electron chi connectivity index (χ3n) is 3.04. The van der Waals surface area contributed by atoms with E-state index in [1.165, 1.54) is 4.80 Å². The van der Waals surface area contributed by atoms with Crippen LogP contribution in [0.25, 0.3) is 10.9 Å². The van der Waals surface area contributed by atoms with E-state index in [4.69, 9.17) is 10.9 Å². The summed E-state index contributed by atoms with van der Waals surface area (Å²) in [6, 6.07) is 7.54. The van der Waals surface area contributed by atoms with Crippen LogP contribution >= 0.6 is 0 Å². The van der Waals surface area contributed by atoms with Gasteiger partial charge in [-0.2, -0.15) is 4.80 Å². The van der Waals surface area contributed by atoms with Crippen molar-refractivity contribution in [1.29, 1.82) is 0 Å². The fourth-order valence-corrected chi connectivity index (χ4v) is 2.09. The lowest BCUT2D eigenvalue weighted by atomic mass is 10.1. The largest absolute Gasteiger partial charge is 0.409 e. The molecule has 102 valence electrons. The predicted octanol–water partition coefficient (Wildman–Crippen LogP) is 0.308. The van der Waals surface area contributed by atoms with E-state index in [0.717, 1.165) is 10.9 Å². The van der Waals surface area contributed by atoms with E-state index in [9.17, 15) is 0 Å². The highest BCUT2D eigenvalue weighted by Crippen LogP contribution is 2.18. The quantitative estimate of drug-likeness (QED) is 0.308. The van der Waals surface area contributed by atoms with Crippen molar-refractivity contribution >= 4 is 16.7 Å². The van der Waals surface area contributed by atoms with Crippen LogP contribution in [0.15, 0.2) is 35.6 Å². The van der Waals surface area contributed by atoms with E-state index >= 15 is 0 Å². The summed E-state index contributed by atoms with van der Waals surface area (Å²) < 4.78 is 2.02. The van der Waals surface area contributed by atoms with Crippen LogP contribution in [0.5, 0.6) is 0 Å². The molecule has 0 bridgehead atoms. The van der Waals surface area contributed by atoms with Gasteiger partial charge in [-0.25, -0.2) is 0 Å². The van der Waals surface area contributed by atoms with Crippen molar-refractivity contribution in [1.82, 2.24) is 24.8 Å². The first-order valence-corrected chi connectivity index (χ1v) is 5.97. The highest BCUT2D eigenvalue weighted by Gasteiger charge is 2.07. The van der Waals surface area contributed by atoms with Gasteiger partial charge < -0.3 is 15.5 Å². The Morgan fingerprint density at radius 1 is 1.40 bits per heavy atom. The molecule has 0 saturated carbocycles. The zero-order valence-corrected chi connectivity index (χ0v) is 10.8.